The van der Waals surface area contributed by atoms with E-state index in [0.717, 1.165) is 6.26 Å². The van der Waals surface area contributed by atoms with Gasteiger partial charge in [-0.15, -0.1) is 0 Å². The van der Waals surface area contributed by atoms with Crippen LogP contribution in [0.25, 0.3) is 0 Å². The fourth-order valence-electron chi connectivity index (χ4n) is 3.84. The molecule has 10 heteroatoms. The number of aliphatic hydroxyl groups excluding tert-OH is 5. The van der Waals surface area contributed by atoms with E-state index >= 15 is 0 Å². The highest BCUT2D eigenvalue weighted by atomic mass is 16.8. The quantitative estimate of drug-likeness (QED) is 0.267. The first-order valence-corrected chi connectivity index (χ1v) is 8.04. The first-order valence-electron chi connectivity index (χ1n) is 8.04. The summed E-state index contributed by atoms with van der Waals surface area (Å²) in [5.74, 6) is -1.10. The lowest BCUT2D eigenvalue weighted by Gasteiger charge is -2.45. The van der Waals surface area contributed by atoms with Gasteiger partial charge >= 0.3 is 0 Å². The van der Waals surface area contributed by atoms with Crippen LogP contribution in [-0.4, -0.2) is 96.7 Å². The molecule has 0 radical (unpaired) electrons. The van der Waals surface area contributed by atoms with Crippen LogP contribution in [0.2, 0.25) is 0 Å². The zero-order valence-electron chi connectivity index (χ0n) is 13.5. The topological polar surface area (TPSA) is 169 Å². The molecule has 3 unspecified atom stereocenters. The van der Waals surface area contributed by atoms with E-state index in [0.29, 0.717) is 0 Å². The van der Waals surface area contributed by atoms with E-state index in [1.165, 1.54) is 13.0 Å². The molecular weight excluding hydrogens is 340 g/mol. The number of fused-ring (bicyclic) bond motifs is 1. The second kappa shape index (κ2) is 6.41. The Hall–Kier alpha value is -0.820. The van der Waals surface area contributed by atoms with Crippen molar-refractivity contribution in [1.82, 2.24) is 0 Å². The molecule has 10 atom stereocenters. The van der Waals surface area contributed by atoms with Crippen molar-refractivity contribution in [3.8, 4) is 0 Å². The minimum Gasteiger partial charge on any atom is -0.472 e. The van der Waals surface area contributed by atoms with Crippen molar-refractivity contribution < 1.29 is 50.0 Å². The molecule has 0 aromatic heterocycles. The predicted molar refractivity (Wildman–Crippen MR) is 78.6 cm³/mol. The molecule has 2 fully saturated rings. The van der Waals surface area contributed by atoms with Crippen LogP contribution in [0, 0.1) is 5.92 Å². The van der Waals surface area contributed by atoms with Crippen LogP contribution in [0.15, 0.2) is 12.3 Å². The molecule has 0 spiro atoms. The Bertz CT molecular complexity index is 522. The highest BCUT2D eigenvalue weighted by molar-refractivity contribution is 5.21. The molecule has 2 aliphatic heterocycles. The largest absolute Gasteiger partial charge is 0.472 e. The van der Waals surface area contributed by atoms with Crippen LogP contribution in [0.3, 0.4) is 0 Å². The van der Waals surface area contributed by atoms with Crippen LogP contribution >= 0.6 is 0 Å². The molecule has 0 amide bonds. The molecule has 7 N–H and O–H groups in total. The van der Waals surface area contributed by atoms with Crippen LogP contribution in [0.4, 0.5) is 0 Å². The van der Waals surface area contributed by atoms with Gasteiger partial charge in [0.2, 0.25) is 6.29 Å². The fourth-order valence-corrected chi connectivity index (χ4v) is 3.84. The minimum absolute atomic E-state index is 0.129. The Morgan fingerprint density at radius 1 is 1.08 bits per heavy atom. The van der Waals surface area contributed by atoms with Crippen LogP contribution < -0.4 is 0 Å². The van der Waals surface area contributed by atoms with E-state index in [1.807, 2.05) is 0 Å². The first kappa shape index (κ1) is 19.0. The molecule has 1 saturated heterocycles. The Balaban J connectivity index is 1.81. The van der Waals surface area contributed by atoms with Gasteiger partial charge in [-0.25, -0.2) is 0 Å². The standard InChI is InChI=1S/C15H24O10/c1-14(21)4-7(17)15(22)2-3-23-13(11(14)15)25-12-10(20)9(19)8(18)6(5-16)24-12/h2-3,6-13,16-22H,4-5H2,1H3/t6-,7?,8-,9+,10-,11?,12+,13+,14+,15?/m1/s1. The van der Waals surface area contributed by atoms with Gasteiger partial charge in [0.15, 0.2) is 6.29 Å². The molecule has 0 aromatic rings. The third-order valence-corrected chi connectivity index (χ3v) is 5.25. The summed E-state index contributed by atoms with van der Waals surface area (Å²) in [5, 5.41) is 70.2. The van der Waals surface area contributed by atoms with Gasteiger partial charge in [-0.1, -0.05) is 0 Å². The average Bonchev–Trinajstić information content (AvgIpc) is 2.73. The second-order valence-corrected chi connectivity index (χ2v) is 7.08. The minimum atomic E-state index is -1.81. The van der Waals surface area contributed by atoms with Crippen molar-refractivity contribution >= 4 is 0 Å². The molecule has 144 valence electrons. The number of ether oxygens (including phenoxy) is 3. The van der Waals surface area contributed by atoms with Gasteiger partial charge in [-0.3, -0.25) is 0 Å². The molecule has 1 saturated carbocycles. The number of aliphatic hydroxyl groups is 7. The van der Waals surface area contributed by atoms with Gasteiger partial charge in [-0.2, -0.15) is 0 Å². The maximum absolute atomic E-state index is 10.7. The van der Waals surface area contributed by atoms with E-state index in [2.05, 4.69) is 0 Å². The number of rotatable bonds is 3. The fraction of sp³-hybridized carbons (Fsp3) is 0.867. The molecule has 0 bridgehead atoms. The molecule has 3 aliphatic rings. The second-order valence-electron chi connectivity index (χ2n) is 7.08. The van der Waals surface area contributed by atoms with E-state index in [9.17, 15) is 35.7 Å². The monoisotopic (exact) mass is 364 g/mol. The van der Waals surface area contributed by atoms with Crippen molar-refractivity contribution in [3.05, 3.63) is 12.3 Å². The van der Waals surface area contributed by atoms with Gasteiger partial charge in [0.05, 0.1) is 30.5 Å². The summed E-state index contributed by atoms with van der Waals surface area (Å²) in [6, 6.07) is 0. The summed E-state index contributed by atoms with van der Waals surface area (Å²) >= 11 is 0. The van der Waals surface area contributed by atoms with Crippen LogP contribution in [0.5, 0.6) is 0 Å². The van der Waals surface area contributed by atoms with Gasteiger partial charge < -0.3 is 50.0 Å². The van der Waals surface area contributed by atoms with Gasteiger partial charge in [0, 0.05) is 6.42 Å². The van der Waals surface area contributed by atoms with E-state index in [4.69, 9.17) is 14.2 Å². The smallest absolute Gasteiger partial charge is 0.210 e. The summed E-state index contributed by atoms with van der Waals surface area (Å²) in [5.41, 5.74) is -3.35. The predicted octanol–water partition coefficient (Wildman–Crippen LogP) is -3.46. The normalized spacial score (nSPS) is 55.7. The molecule has 0 aromatic carbocycles. The summed E-state index contributed by atoms with van der Waals surface area (Å²) < 4.78 is 16.0. The Morgan fingerprint density at radius 3 is 2.40 bits per heavy atom. The van der Waals surface area contributed by atoms with E-state index in [-0.39, 0.29) is 6.42 Å². The Labute approximate surface area is 143 Å². The maximum Gasteiger partial charge on any atom is 0.210 e. The molecule has 2 heterocycles. The van der Waals surface area contributed by atoms with Gasteiger partial charge in [0.1, 0.15) is 30.0 Å². The van der Waals surface area contributed by atoms with Crippen molar-refractivity contribution in [2.45, 2.75) is 67.6 Å². The van der Waals surface area contributed by atoms with Crippen molar-refractivity contribution in [2.24, 2.45) is 5.92 Å². The van der Waals surface area contributed by atoms with Gasteiger partial charge in [-0.05, 0) is 13.0 Å². The summed E-state index contributed by atoms with van der Waals surface area (Å²) in [6.07, 6.45) is -7.87. The summed E-state index contributed by atoms with van der Waals surface area (Å²) in [7, 11) is 0. The van der Waals surface area contributed by atoms with Crippen LogP contribution in [0.1, 0.15) is 13.3 Å². The highest BCUT2D eigenvalue weighted by Crippen LogP contribution is 2.49. The number of hydrogen-bond acceptors (Lipinski definition) is 10. The Kier molecular flexibility index (Phi) is 4.86. The molecule has 1 aliphatic carbocycles. The molecule has 3 rings (SSSR count). The highest BCUT2D eigenvalue weighted by Gasteiger charge is 2.64. The van der Waals surface area contributed by atoms with Crippen molar-refractivity contribution in [2.75, 3.05) is 6.61 Å². The summed E-state index contributed by atoms with van der Waals surface area (Å²) in [6.45, 7) is 0.783. The van der Waals surface area contributed by atoms with Crippen molar-refractivity contribution in [1.29, 1.82) is 0 Å². The number of hydrogen-bond donors (Lipinski definition) is 7. The molecule has 25 heavy (non-hydrogen) atoms. The molecular formula is C15H24O10. The zero-order valence-corrected chi connectivity index (χ0v) is 13.5. The zero-order chi connectivity index (χ0) is 18.6. The third-order valence-electron chi connectivity index (χ3n) is 5.25. The third kappa shape index (κ3) is 2.97. The lowest BCUT2D eigenvalue weighted by atomic mass is 9.81. The average molecular weight is 364 g/mol. The van der Waals surface area contributed by atoms with E-state index < -0.39 is 66.8 Å². The first-order chi connectivity index (χ1) is 11.6. The lowest BCUT2D eigenvalue weighted by molar-refractivity contribution is -0.351. The summed E-state index contributed by atoms with van der Waals surface area (Å²) in [4.78, 5) is 0. The maximum atomic E-state index is 10.7. The molecule has 10 nitrogen and oxygen atoms in total. The van der Waals surface area contributed by atoms with Gasteiger partial charge in [0.25, 0.3) is 0 Å². The van der Waals surface area contributed by atoms with Crippen molar-refractivity contribution in [3.63, 3.8) is 0 Å². The Morgan fingerprint density at radius 2 is 1.76 bits per heavy atom. The van der Waals surface area contributed by atoms with Crippen LogP contribution in [-0.2, 0) is 14.2 Å². The SMILES string of the molecule is C[C@]1(O)CC(O)C2(O)C=CO[C@@H](O[C@@H]3O[C@H](CO)[C@@H](O)[C@H](O)[C@H]3O)C21. The lowest BCUT2D eigenvalue weighted by Crippen LogP contribution is -2.61. The van der Waals surface area contributed by atoms with E-state index in [1.54, 1.807) is 0 Å².